The fraction of sp³-hybridized carbons (Fsp3) is 0.200. The Bertz CT molecular complexity index is 439. The molecule has 14 heavy (non-hydrogen) atoms. The minimum absolute atomic E-state index is 0.527. The maximum absolute atomic E-state index is 5.38. The van der Waals surface area contributed by atoms with Crippen molar-refractivity contribution < 1.29 is 4.74 Å². The topological polar surface area (TPSA) is 51.0 Å². The summed E-state index contributed by atoms with van der Waals surface area (Å²) in [5.41, 5.74) is 6.42. The number of hydrogen-bond donors (Lipinski definition) is 2. The predicted octanol–water partition coefficient (Wildman–Crippen LogP) is 2.27. The second-order valence-corrected chi connectivity index (χ2v) is 3.92. The van der Waals surface area contributed by atoms with Gasteiger partial charge in [0.25, 0.3) is 0 Å². The van der Waals surface area contributed by atoms with Crippen LogP contribution in [0.5, 0.6) is 5.88 Å². The van der Waals surface area contributed by atoms with E-state index in [2.05, 4.69) is 20.9 Å². The molecule has 1 aromatic carbocycles. The van der Waals surface area contributed by atoms with Crippen LogP contribution in [0.4, 0.5) is 0 Å². The number of aromatic amines is 1. The molecule has 3 nitrogen and oxygen atoms in total. The molecule has 1 heterocycles. The lowest BCUT2D eigenvalue weighted by atomic mass is 10.2. The lowest BCUT2D eigenvalue weighted by Crippen LogP contribution is -2.10. The third-order valence-corrected chi connectivity index (χ3v) is 2.43. The van der Waals surface area contributed by atoms with E-state index < -0.39 is 0 Å². The SMILES string of the molecule is NCCOc1cc2cc(Br)ccc2[nH]1. The minimum atomic E-state index is 0.527. The van der Waals surface area contributed by atoms with Gasteiger partial charge >= 0.3 is 0 Å². The summed E-state index contributed by atoms with van der Waals surface area (Å²) in [5, 5.41) is 1.13. The lowest BCUT2D eigenvalue weighted by molar-refractivity contribution is 0.318. The Morgan fingerprint density at radius 3 is 3.00 bits per heavy atom. The number of nitrogens with one attached hydrogen (secondary N) is 1. The van der Waals surface area contributed by atoms with Gasteiger partial charge in [0.05, 0.1) is 0 Å². The van der Waals surface area contributed by atoms with Crippen LogP contribution in [0, 0.1) is 0 Å². The second-order valence-electron chi connectivity index (χ2n) is 3.00. The van der Waals surface area contributed by atoms with Gasteiger partial charge in [-0.15, -0.1) is 0 Å². The molecule has 0 aliphatic heterocycles. The van der Waals surface area contributed by atoms with Crippen LogP contribution < -0.4 is 10.5 Å². The van der Waals surface area contributed by atoms with Crippen molar-refractivity contribution in [1.29, 1.82) is 0 Å². The summed E-state index contributed by atoms with van der Waals surface area (Å²) in [7, 11) is 0. The molecular formula is C10H11BrN2O. The molecule has 0 aliphatic carbocycles. The normalized spacial score (nSPS) is 10.7. The molecule has 0 radical (unpaired) electrons. The van der Waals surface area contributed by atoms with Crippen molar-refractivity contribution in [3.8, 4) is 5.88 Å². The van der Waals surface area contributed by atoms with E-state index in [0.717, 1.165) is 21.3 Å². The van der Waals surface area contributed by atoms with E-state index in [0.29, 0.717) is 13.2 Å². The summed E-state index contributed by atoms with van der Waals surface area (Å²) in [6.45, 7) is 1.06. The van der Waals surface area contributed by atoms with Crippen molar-refractivity contribution in [3.05, 3.63) is 28.7 Å². The van der Waals surface area contributed by atoms with E-state index in [9.17, 15) is 0 Å². The first-order valence-electron chi connectivity index (χ1n) is 4.41. The Kier molecular flexibility index (Phi) is 2.74. The Labute approximate surface area is 90.4 Å². The van der Waals surface area contributed by atoms with Gasteiger partial charge in [-0.3, -0.25) is 0 Å². The van der Waals surface area contributed by atoms with Gasteiger partial charge in [0.1, 0.15) is 6.61 Å². The zero-order valence-electron chi connectivity index (χ0n) is 7.59. The maximum atomic E-state index is 5.38. The summed E-state index contributed by atoms with van der Waals surface area (Å²) in [5.74, 6) is 0.767. The van der Waals surface area contributed by atoms with Gasteiger partial charge in [-0.2, -0.15) is 0 Å². The van der Waals surface area contributed by atoms with Crippen LogP contribution in [0.25, 0.3) is 10.9 Å². The average Bonchev–Trinajstić information content (AvgIpc) is 2.56. The molecule has 0 unspecified atom stereocenters. The van der Waals surface area contributed by atoms with Gasteiger partial charge in [0.15, 0.2) is 5.88 Å². The fourth-order valence-electron chi connectivity index (χ4n) is 1.32. The molecular weight excluding hydrogens is 244 g/mol. The van der Waals surface area contributed by atoms with Gasteiger partial charge in [0, 0.05) is 28.0 Å². The van der Waals surface area contributed by atoms with Crippen molar-refractivity contribution in [2.24, 2.45) is 5.73 Å². The fourth-order valence-corrected chi connectivity index (χ4v) is 1.70. The molecule has 74 valence electrons. The van der Waals surface area contributed by atoms with Crippen molar-refractivity contribution >= 4 is 26.8 Å². The number of ether oxygens (including phenoxy) is 1. The van der Waals surface area contributed by atoms with Gasteiger partial charge in [-0.05, 0) is 18.2 Å². The molecule has 0 saturated carbocycles. The van der Waals surface area contributed by atoms with E-state index in [1.807, 2.05) is 24.3 Å². The van der Waals surface area contributed by atoms with E-state index in [1.54, 1.807) is 0 Å². The third kappa shape index (κ3) is 1.91. The van der Waals surface area contributed by atoms with Crippen LogP contribution in [0.2, 0.25) is 0 Å². The molecule has 3 N–H and O–H groups in total. The second kappa shape index (κ2) is 4.02. The van der Waals surface area contributed by atoms with Gasteiger partial charge in [0.2, 0.25) is 0 Å². The molecule has 0 bridgehead atoms. The third-order valence-electron chi connectivity index (χ3n) is 1.93. The van der Waals surface area contributed by atoms with Crippen molar-refractivity contribution in [3.63, 3.8) is 0 Å². The molecule has 0 aliphatic rings. The van der Waals surface area contributed by atoms with Gasteiger partial charge in [-0.25, -0.2) is 0 Å². The number of halogens is 1. The van der Waals surface area contributed by atoms with Crippen LogP contribution >= 0.6 is 15.9 Å². The zero-order valence-corrected chi connectivity index (χ0v) is 9.17. The number of fused-ring (bicyclic) bond motifs is 1. The van der Waals surface area contributed by atoms with Crippen LogP contribution in [0.15, 0.2) is 28.7 Å². The molecule has 2 rings (SSSR count). The summed E-state index contributed by atoms with van der Waals surface area (Å²) < 4.78 is 6.45. The average molecular weight is 255 g/mol. The zero-order chi connectivity index (χ0) is 9.97. The highest BCUT2D eigenvalue weighted by Crippen LogP contribution is 2.23. The molecule has 0 amide bonds. The molecule has 0 atom stereocenters. The Morgan fingerprint density at radius 2 is 2.21 bits per heavy atom. The van der Waals surface area contributed by atoms with Crippen molar-refractivity contribution in [2.45, 2.75) is 0 Å². The predicted molar refractivity (Wildman–Crippen MR) is 60.5 cm³/mol. The summed E-state index contributed by atoms with van der Waals surface area (Å²) in [6, 6.07) is 8.01. The lowest BCUT2D eigenvalue weighted by Gasteiger charge is -1.98. The van der Waals surface area contributed by atoms with Crippen LogP contribution in [0.1, 0.15) is 0 Å². The highest BCUT2D eigenvalue weighted by molar-refractivity contribution is 9.10. The number of aromatic nitrogens is 1. The summed E-state index contributed by atoms with van der Waals surface area (Å²) in [6.07, 6.45) is 0. The van der Waals surface area contributed by atoms with E-state index in [4.69, 9.17) is 10.5 Å². The van der Waals surface area contributed by atoms with Crippen LogP contribution in [0.3, 0.4) is 0 Å². The minimum Gasteiger partial charge on any atom is -0.478 e. The number of benzene rings is 1. The number of hydrogen-bond acceptors (Lipinski definition) is 2. The number of nitrogens with two attached hydrogens (primary N) is 1. The first-order valence-corrected chi connectivity index (χ1v) is 5.20. The van der Waals surface area contributed by atoms with Crippen molar-refractivity contribution in [1.82, 2.24) is 4.98 Å². The monoisotopic (exact) mass is 254 g/mol. The first kappa shape index (κ1) is 9.55. The molecule has 1 aromatic heterocycles. The summed E-state index contributed by atoms with van der Waals surface area (Å²) >= 11 is 3.42. The molecule has 2 aromatic rings. The quantitative estimate of drug-likeness (QED) is 0.883. The van der Waals surface area contributed by atoms with Gasteiger partial charge in [-0.1, -0.05) is 15.9 Å². The molecule has 0 saturated heterocycles. The van der Waals surface area contributed by atoms with Crippen molar-refractivity contribution in [2.75, 3.05) is 13.2 Å². The van der Waals surface area contributed by atoms with E-state index in [-0.39, 0.29) is 0 Å². The smallest absolute Gasteiger partial charge is 0.191 e. The summed E-state index contributed by atoms with van der Waals surface area (Å²) in [4.78, 5) is 3.16. The first-order chi connectivity index (χ1) is 6.79. The Morgan fingerprint density at radius 1 is 1.36 bits per heavy atom. The Hall–Kier alpha value is -1.00. The van der Waals surface area contributed by atoms with E-state index in [1.165, 1.54) is 0 Å². The maximum Gasteiger partial charge on any atom is 0.191 e. The number of H-pyrrole nitrogens is 1. The molecule has 4 heteroatoms. The standard InChI is InChI=1S/C10H11BrN2O/c11-8-1-2-9-7(5-8)6-10(13-9)14-4-3-12/h1-2,5-6,13H,3-4,12H2. The van der Waals surface area contributed by atoms with Crippen LogP contribution in [-0.2, 0) is 0 Å². The Balaban J connectivity index is 2.32. The van der Waals surface area contributed by atoms with Gasteiger partial charge < -0.3 is 15.5 Å². The highest BCUT2D eigenvalue weighted by Gasteiger charge is 2.01. The molecule has 0 spiro atoms. The van der Waals surface area contributed by atoms with Crippen LogP contribution in [-0.4, -0.2) is 18.1 Å². The number of rotatable bonds is 3. The largest absolute Gasteiger partial charge is 0.478 e. The molecule has 0 fully saturated rings. The highest BCUT2D eigenvalue weighted by atomic mass is 79.9. The van der Waals surface area contributed by atoms with E-state index >= 15 is 0 Å².